The van der Waals surface area contributed by atoms with Crippen LogP contribution >= 0.6 is 12.2 Å². The molecule has 0 aliphatic carbocycles. The first-order chi connectivity index (χ1) is 18.9. The van der Waals surface area contributed by atoms with Crippen LogP contribution in [-0.4, -0.2) is 76.3 Å². The van der Waals surface area contributed by atoms with Crippen molar-refractivity contribution in [1.82, 2.24) is 30.2 Å². The standard InChI is InChI=1S/C28H29F2N7OS/c1-36-9-3-5-18(36)14-38-28-34-24-19(27(35-28)37-12-16-7-8-17(13-37)32-16)11-31-26(23(24)30)25-22-15(10-21(39)33-25)4-2-6-20(22)29/h2,4,6,10-11,16-18,32H,3,5,7-9,12-14H2,1H3,(H,33,39)/t16?,17?,18-/m0/s1. The molecule has 39 heavy (non-hydrogen) atoms. The maximum Gasteiger partial charge on any atom is 0.319 e. The van der Waals surface area contributed by atoms with Gasteiger partial charge in [0.1, 0.15) is 34.1 Å². The van der Waals surface area contributed by atoms with Crippen molar-refractivity contribution >= 4 is 39.7 Å². The molecule has 3 aromatic heterocycles. The number of fused-ring (bicyclic) bond motifs is 4. The summed E-state index contributed by atoms with van der Waals surface area (Å²) < 4.78 is 37.8. The van der Waals surface area contributed by atoms with E-state index in [1.807, 2.05) is 0 Å². The summed E-state index contributed by atoms with van der Waals surface area (Å²) in [5.74, 6) is -0.541. The zero-order valence-corrected chi connectivity index (χ0v) is 22.4. The first kappa shape index (κ1) is 24.7. The van der Waals surface area contributed by atoms with E-state index in [-0.39, 0.29) is 34.3 Å². The Labute approximate surface area is 229 Å². The summed E-state index contributed by atoms with van der Waals surface area (Å²) in [6.45, 7) is 2.97. The molecule has 3 saturated heterocycles. The topological polar surface area (TPSA) is 82.2 Å². The molecule has 11 heteroatoms. The number of piperazine rings is 1. The predicted molar refractivity (Wildman–Crippen MR) is 149 cm³/mol. The van der Waals surface area contributed by atoms with Gasteiger partial charge >= 0.3 is 6.01 Å². The Morgan fingerprint density at radius 2 is 1.95 bits per heavy atom. The number of likely N-dealkylation sites (N-methyl/N-ethyl adjacent to an activating group) is 1. The van der Waals surface area contributed by atoms with Gasteiger partial charge in [0, 0.05) is 42.8 Å². The fourth-order valence-electron chi connectivity index (χ4n) is 6.30. The van der Waals surface area contributed by atoms with E-state index in [0.717, 1.165) is 45.3 Å². The number of nitrogens with zero attached hydrogens (tertiary/aromatic N) is 5. The molecule has 0 saturated carbocycles. The largest absolute Gasteiger partial charge is 0.462 e. The molecule has 8 nitrogen and oxygen atoms in total. The molecular formula is C28H29F2N7OS. The summed E-state index contributed by atoms with van der Waals surface area (Å²) in [4.78, 5) is 21.2. The highest BCUT2D eigenvalue weighted by atomic mass is 32.1. The fraction of sp³-hybridized carbons (Fsp3) is 0.429. The number of ether oxygens (including phenoxy) is 1. The highest BCUT2D eigenvalue weighted by molar-refractivity contribution is 7.71. The van der Waals surface area contributed by atoms with Gasteiger partial charge in [-0.05, 0) is 56.8 Å². The zero-order valence-electron chi connectivity index (χ0n) is 21.6. The molecule has 3 aliphatic rings. The molecule has 0 amide bonds. The number of nitrogens with one attached hydrogen (secondary N) is 2. The lowest BCUT2D eigenvalue weighted by atomic mass is 10.1. The normalized spacial score (nSPS) is 23.3. The molecule has 202 valence electrons. The minimum absolute atomic E-state index is 0.0455. The Hall–Kier alpha value is -3.28. The van der Waals surface area contributed by atoms with Crippen LogP contribution in [0.15, 0.2) is 30.5 Å². The van der Waals surface area contributed by atoms with Crippen molar-refractivity contribution in [1.29, 1.82) is 0 Å². The Morgan fingerprint density at radius 1 is 1.13 bits per heavy atom. The number of pyridine rings is 2. The smallest absolute Gasteiger partial charge is 0.319 e. The Bertz CT molecular complexity index is 1630. The van der Waals surface area contributed by atoms with Crippen molar-refractivity contribution in [3.05, 3.63) is 46.7 Å². The van der Waals surface area contributed by atoms with Crippen molar-refractivity contribution in [3.8, 4) is 17.4 Å². The van der Waals surface area contributed by atoms with Crippen molar-refractivity contribution in [2.75, 3.05) is 38.2 Å². The summed E-state index contributed by atoms with van der Waals surface area (Å²) in [5.41, 5.74) is 0.236. The van der Waals surface area contributed by atoms with Crippen molar-refractivity contribution in [2.45, 2.75) is 43.8 Å². The highest BCUT2D eigenvalue weighted by Crippen LogP contribution is 2.36. The van der Waals surface area contributed by atoms with Gasteiger partial charge in [0.15, 0.2) is 5.82 Å². The maximum atomic E-state index is 16.4. The zero-order chi connectivity index (χ0) is 26.7. The number of halogens is 2. The van der Waals surface area contributed by atoms with E-state index in [9.17, 15) is 4.39 Å². The number of hydrogen-bond donors (Lipinski definition) is 2. The van der Waals surface area contributed by atoms with Crippen LogP contribution < -0.4 is 15.0 Å². The Kier molecular flexibility index (Phi) is 6.17. The fourth-order valence-corrected chi connectivity index (χ4v) is 6.53. The van der Waals surface area contributed by atoms with Gasteiger partial charge in [0.25, 0.3) is 0 Å². The number of rotatable bonds is 5. The number of H-pyrrole nitrogens is 1. The van der Waals surface area contributed by atoms with Crippen LogP contribution in [0.1, 0.15) is 25.7 Å². The molecule has 1 aromatic carbocycles. The third kappa shape index (κ3) is 4.42. The third-order valence-corrected chi connectivity index (χ3v) is 8.52. The second-order valence-corrected chi connectivity index (χ2v) is 11.3. The number of anilines is 1. The van der Waals surface area contributed by atoms with Gasteiger partial charge in [-0.25, -0.2) is 8.78 Å². The lowest BCUT2D eigenvalue weighted by molar-refractivity contribution is 0.188. The molecule has 0 radical (unpaired) electrons. The Morgan fingerprint density at radius 3 is 2.72 bits per heavy atom. The molecule has 6 heterocycles. The Balaban J connectivity index is 1.38. The lowest BCUT2D eigenvalue weighted by Gasteiger charge is -2.34. The minimum atomic E-state index is -0.668. The molecule has 3 aliphatic heterocycles. The number of aromatic amines is 1. The summed E-state index contributed by atoms with van der Waals surface area (Å²) in [7, 11) is 2.08. The van der Waals surface area contributed by atoms with Crippen LogP contribution in [-0.2, 0) is 0 Å². The lowest BCUT2D eigenvalue weighted by Crippen LogP contribution is -2.51. The van der Waals surface area contributed by atoms with Crippen LogP contribution in [0, 0.1) is 16.3 Å². The highest BCUT2D eigenvalue weighted by Gasteiger charge is 2.34. The molecule has 0 spiro atoms. The van der Waals surface area contributed by atoms with E-state index >= 15 is 4.39 Å². The van der Waals surface area contributed by atoms with E-state index in [2.05, 4.69) is 37.1 Å². The average Bonchev–Trinajstić information content (AvgIpc) is 3.50. The van der Waals surface area contributed by atoms with E-state index in [0.29, 0.717) is 39.9 Å². The monoisotopic (exact) mass is 549 g/mol. The van der Waals surface area contributed by atoms with Crippen LogP contribution in [0.2, 0.25) is 0 Å². The van der Waals surface area contributed by atoms with Gasteiger partial charge in [-0.1, -0.05) is 24.4 Å². The van der Waals surface area contributed by atoms with E-state index < -0.39 is 11.6 Å². The van der Waals surface area contributed by atoms with Gasteiger partial charge in [0.2, 0.25) is 0 Å². The molecule has 2 unspecified atom stereocenters. The first-order valence-electron chi connectivity index (χ1n) is 13.5. The van der Waals surface area contributed by atoms with Crippen LogP contribution in [0.3, 0.4) is 0 Å². The molecule has 2 N–H and O–H groups in total. The molecule has 2 bridgehead atoms. The molecular weight excluding hydrogens is 520 g/mol. The minimum Gasteiger partial charge on any atom is -0.462 e. The summed E-state index contributed by atoms with van der Waals surface area (Å²) >= 11 is 5.37. The van der Waals surface area contributed by atoms with E-state index in [4.69, 9.17) is 21.9 Å². The van der Waals surface area contributed by atoms with Crippen molar-refractivity contribution in [2.24, 2.45) is 0 Å². The third-order valence-electron chi connectivity index (χ3n) is 8.30. The van der Waals surface area contributed by atoms with Gasteiger partial charge < -0.3 is 24.8 Å². The van der Waals surface area contributed by atoms with Crippen LogP contribution in [0.25, 0.3) is 33.1 Å². The summed E-state index contributed by atoms with van der Waals surface area (Å²) in [5, 5.41) is 4.93. The summed E-state index contributed by atoms with van der Waals surface area (Å²) in [6.07, 6.45) is 5.93. The van der Waals surface area contributed by atoms with Gasteiger partial charge in [-0.2, -0.15) is 9.97 Å². The summed E-state index contributed by atoms with van der Waals surface area (Å²) in [6, 6.07) is 7.47. The number of benzene rings is 1. The van der Waals surface area contributed by atoms with Gasteiger partial charge in [-0.3, -0.25) is 4.98 Å². The molecule has 3 fully saturated rings. The first-order valence-corrected chi connectivity index (χ1v) is 13.9. The van der Waals surface area contributed by atoms with Crippen molar-refractivity contribution < 1.29 is 13.5 Å². The van der Waals surface area contributed by atoms with Gasteiger partial charge in [-0.15, -0.1) is 0 Å². The van der Waals surface area contributed by atoms with Crippen molar-refractivity contribution in [3.63, 3.8) is 0 Å². The van der Waals surface area contributed by atoms with Gasteiger partial charge in [0.05, 0.1) is 11.1 Å². The van der Waals surface area contributed by atoms with E-state index in [1.165, 1.54) is 6.07 Å². The number of likely N-dealkylation sites (tertiary alicyclic amines) is 1. The van der Waals surface area contributed by atoms with E-state index in [1.54, 1.807) is 24.4 Å². The maximum absolute atomic E-state index is 16.4. The predicted octanol–water partition coefficient (Wildman–Crippen LogP) is 4.59. The molecule has 3 atom stereocenters. The molecule has 4 aromatic rings. The SMILES string of the molecule is CN1CCC[C@H]1COc1nc(N2CC3CCC(C2)N3)c2cnc(-c3[nH]c(=S)cc4cccc(F)c34)c(F)c2n1. The second-order valence-electron chi connectivity index (χ2n) is 10.9. The number of hydrogen-bond acceptors (Lipinski definition) is 8. The second kappa shape index (κ2) is 9.72. The quantitative estimate of drug-likeness (QED) is 0.350. The molecule has 7 rings (SSSR count). The van der Waals surface area contributed by atoms with Crippen LogP contribution in [0.4, 0.5) is 14.6 Å². The number of aromatic nitrogens is 4. The average molecular weight is 550 g/mol. The van der Waals surface area contributed by atoms with Crippen LogP contribution in [0.5, 0.6) is 6.01 Å².